The molecule has 0 saturated carbocycles. The summed E-state index contributed by atoms with van der Waals surface area (Å²) in [5.74, 6) is 1.24. The molecule has 3 rings (SSSR count). The number of pyridine rings is 1. The minimum absolute atomic E-state index is 0.236. The predicted octanol–water partition coefficient (Wildman–Crippen LogP) is 0.921. The van der Waals surface area contributed by atoms with E-state index in [0.29, 0.717) is 37.5 Å². The van der Waals surface area contributed by atoms with E-state index in [1.54, 1.807) is 7.11 Å². The largest absolute Gasteiger partial charge is 0.384 e. The highest BCUT2D eigenvalue weighted by Gasteiger charge is 2.17. The first-order valence-electron chi connectivity index (χ1n) is 8.95. The number of nitrogen functional groups attached to an aromatic ring is 1. The number of nitrogens with one attached hydrogen (secondary N) is 1. The van der Waals surface area contributed by atoms with Crippen molar-refractivity contribution in [3.8, 4) is 0 Å². The van der Waals surface area contributed by atoms with Crippen molar-refractivity contribution in [2.75, 3.05) is 45.5 Å². The van der Waals surface area contributed by atoms with Crippen molar-refractivity contribution in [2.24, 2.45) is 0 Å². The minimum atomic E-state index is -3.21. The molecule has 0 unspecified atom stereocenters. The number of benzene rings is 1. The second-order valence-electron chi connectivity index (χ2n) is 6.41. The van der Waals surface area contributed by atoms with E-state index >= 15 is 0 Å². The SMILES string of the molecule is COCCc1nc2c(N)nc3ccccc3c2n1CCOCCNS(C)(=O)=O. The monoisotopic (exact) mass is 407 g/mol. The third-order valence-electron chi connectivity index (χ3n) is 4.29. The molecule has 152 valence electrons. The minimum Gasteiger partial charge on any atom is -0.384 e. The van der Waals surface area contributed by atoms with Crippen LogP contribution < -0.4 is 10.5 Å². The summed E-state index contributed by atoms with van der Waals surface area (Å²) in [4.78, 5) is 9.15. The molecular formula is C18H25N5O4S. The Kier molecular flexibility index (Phi) is 6.45. The lowest BCUT2D eigenvalue weighted by atomic mass is 10.2. The normalized spacial score (nSPS) is 12.2. The number of para-hydroxylation sites is 1. The number of fused-ring (bicyclic) bond motifs is 3. The summed E-state index contributed by atoms with van der Waals surface area (Å²) >= 11 is 0. The van der Waals surface area contributed by atoms with Gasteiger partial charge in [0.2, 0.25) is 10.0 Å². The number of nitrogens with two attached hydrogens (primary N) is 1. The summed E-state index contributed by atoms with van der Waals surface area (Å²) in [6.07, 6.45) is 1.75. The molecule has 1 aromatic carbocycles. The third kappa shape index (κ3) is 4.76. The van der Waals surface area contributed by atoms with Gasteiger partial charge in [-0.25, -0.2) is 23.1 Å². The van der Waals surface area contributed by atoms with Crippen molar-refractivity contribution in [1.29, 1.82) is 0 Å². The van der Waals surface area contributed by atoms with Crippen molar-refractivity contribution in [3.05, 3.63) is 30.1 Å². The third-order valence-corrected chi connectivity index (χ3v) is 5.02. The molecule has 0 aliphatic heterocycles. The van der Waals surface area contributed by atoms with Crippen LogP contribution >= 0.6 is 0 Å². The molecule has 0 radical (unpaired) electrons. The standard InChI is InChI=1S/C18H25N5O4S/c1-26-10-7-15-22-16-17(13-5-3-4-6-14(13)21-18(16)19)23(15)9-12-27-11-8-20-28(2,24)25/h3-6,20H,7-12H2,1-2H3,(H2,19,21). The summed E-state index contributed by atoms with van der Waals surface area (Å²) in [5.41, 5.74) is 8.56. The summed E-state index contributed by atoms with van der Waals surface area (Å²) in [6, 6.07) is 7.80. The van der Waals surface area contributed by atoms with Crippen LogP contribution in [-0.2, 0) is 32.5 Å². The number of imidazole rings is 1. The Balaban J connectivity index is 1.86. The van der Waals surface area contributed by atoms with Gasteiger partial charge in [-0.2, -0.15) is 0 Å². The maximum atomic E-state index is 11.1. The van der Waals surface area contributed by atoms with E-state index in [1.807, 2.05) is 24.3 Å². The van der Waals surface area contributed by atoms with Crippen molar-refractivity contribution in [1.82, 2.24) is 19.3 Å². The maximum absolute atomic E-state index is 11.1. The molecule has 0 spiro atoms. The molecule has 2 aromatic heterocycles. The van der Waals surface area contributed by atoms with E-state index in [1.165, 1.54) is 0 Å². The molecule has 0 fully saturated rings. The number of methoxy groups -OCH3 is 1. The predicted molar refractivity (Wildman–Crippen MR) is 109 cm³/mol. The molecule has 9 nitrogen and oxygen atoms in total. The Morgan fingerprint density at radius 3 is 2.71 bits per heavy atom. The Morgan fingerprint density at radius 1 is 1.18 bits per heavy atom. The Labute approximate surface area is 163 Å². The lowest BCUT2D eigenvalue weighted by molar-refractivity contribution is 0.131. The zero-order valence-electron chi connectivity index (χ0n) is 16.0. The zero-order chi connectivity index (χ0) is 20.1. The van der Waals surface area contributed by atoms with Gasteiger partial charge >= 0.3 is 0 Å². The number of sulfonamides is 1. The molecule has 2 heterocycles. The molecule has 28 heavy (non-hydrogen) atoms. The molecule has 3 N–H and O–H groups in total. The molecule has 10 heteroatoms. The van der Waals surface area contributed by atoms with Crippen LogP contribution in [0.5, 0.6) is 0 Å². The van der Waals surface area contributed by atoms with Gasteiger partial charge in [0, 0.05) is 32.0 Å². The van der Waals surface area contributed by atoms with Crippen LogP contribution in [0.25, 0.3) is 21.9 Å². The van der Waals surface area contributed by atoms with Crippen LogP contribution in [0.1, 0.15) is 5.82 Å². The Hall–Kier alpha value is -2.27. The lowest BCUT2D eigenvalue weighted by Crippen LogP contribution is -2.26. The lowest BCUT2D eigenvalue weighted by Gasteiger charge is -2.11. The van der Waals surface area contributed by atoms with Gasteiger partial charge in [-0.3, -0.25) is 0 Å². The zero-order valence-corrected chi connectivity index (χ0v) is 16.8. The van der Waals surface area contributed by atoms with Crippen molar-refractivity contribution < 1.29 is 17.9 Å². The number of hydrogen-bond donors (Lipinski definition) is 2. The average molecular weight is 407 g/mol. The summed E-state index contributed by atoms with van der Waals surface area (Å²) < 4.78 is 37.5. The Bertz CT molecular complexity index is 1060. The summed E-state index contributed by atoms with van der Waals surface area (Å²) in [7, 11) is -1.56. The molecule has 0 atom stereocenters. The van der Waals surface area contributed by atoms with Crippen LogP contribution in [0.15, 0.2) is 24.3 Å². The van der Waals surface area contributed by atoms with Crippen LogP contribution in [0.3, 0.4) is 0 Å². The maximum Gasteiger partial charge on any atom is 0.208 e. The molecule has 3 aromatic rings. The molecule has 0 bridgehead atoms. The highest BCUT2D eigenvalue weighted by molar-refractivity contribution is 7.88. The fourth-order valence-corrected chi connectivity index (χ4v) is 3.54. The van der Waals surface area contributed by atoms with Crippen molar-refractivity contribution >= 4 is 37.8 Å². The van der Waals surface area contributed by atoms with Gasteiger partial charge < -0.3 is 19.8 Å². The number of aromatic nitrogens is 3. The van der Waals surface area contributed by atoms with Gasteiger partial charge in [-0.15, -0.1) is 0 Å². The van der Waals surface area contributed by atoms with Gasteiger partial charge in [-0.05, 0) is 6.07 Å². The molecular weight excluding hydrogens is 382 g/mol. The topological polar surface area (TPSA) is 121 Å². The number of anilines is 1. The fourth-order valence-electron chi connectivity index (χ4n) is 3.09. The van der Waals surface area contributed by atoms with Gasteiger partial charge in [0.25, 0.3) is 0 Å². The number of rotatable bonds is 10. The van der Waals surface area contributed by atoms with Crippen molar-refractivity contribution in [2.45, 2.75) is 13.0 Å². The molecule has 0 amide bonds. The van der Waals surface area contributed by atoms with Gasteiger partial charge in [0.05, 0.1) is 37.1 Å². The van der Waals surface area contributed by atoms with E-state index in [-0.39, 0.29) is 13.2 Å². The highest BCUT2D eigenvalue weighted by atomic mass is 32.2. The average Bonchev–Trinajstić information content (AvgIpc) is 3.01. The van der Waals surface area contributed by atoms with Crippen LogP contribution in [0, 0.1) is 0 Å². The van der Waals surface area contributed by atoms with E-state index in [0.717, 1.165) is 28.5 Å². The van der Waals surface area contributed by atoms with Gasteiger partial charge in [-0.1, -0.05) is 18.2 Å². The number of nitrogens with zero attached hydrogens (tertiary/aromatic N) is 3. The number of hydrogen-bond acceptors (Lipinski definition) is 7. The van der Waals surface area contributed by atoms with Crippen LogP contribution in [0.2, 0.25) is 0 Å². The second kappa shape index (κ2) is 8.82. The van der Waals surface area contributed by atoms with Crippen molar-refractivity contribution in [3.63, 3.8) is 0 Å². The fraction of sp³-hybridized carbons (Fsp3) is 0.444. The van der Waals surface area contributed by atoms with Gasteiger partial charge in [0.15, 0.2) is 5.82 Å². The highest BCUT2D eigenvalue weighted by Crippen LogP contribution is 2.28. The van der Waals surface area contributed by atoms with E-state index in [4.69, 9.17) is 20.2 Å². The first-order valence-corrected chi connectivity index (χ1v) is 10.8. The summed E-state index contributed by atoms with van der Waals surface area (Å²) in [5, 5.41) is 0.974. The van der Waals surface area contributed by atoms with E-state index in [2.05, 4.69) is 14.3 Å². The smallest absolute Gasteiger partial charge is 0.208 e. The molecule has 0 saturated heterocycles. The first-order chi connectivity index (χ1) is 13.4. The Morgan fingerprint density at radius 2 is 1.96 bits per heavy atom. The molecule has 0 aliphatic carbocycles. The second-order valence-corrected chi connectivity index (χ2v) is 8.25. The quantitative estimate of drug-likeness (QED) is 0.479. The van der Waals surface area contributed by atoms with Crippen LogP contribution in [-0.4, -0.2) is 62.7 Å². The summed E-state index contributed by atoms with van der Waals surface area (Å²) in [6.45, 7) is 2.03. The van der Waals surface area contributed by atoms with E-state index in [9.17, 15) is 8.42 Å². The van der Waals surface area contributed by atoms with Crippen LogP contribution in [0.4, 0.5) is 5.82 Å². The van der Waals surface area contributed by atoms with E-state index < -0.39 is 10.0 Å². The first kappa shape index (κ1) is 20.5. The van der Waals surface area contributed by atoms with Gasteiger partial charge in [0.1, 0.15) is 11.3 Å². The molecule has 0 aliphatic rings. The number of ether oxygens (including phenoxy) is 2.